The molecule has 0 bridgehead atoms. The second-order valence-corrected chi connectivity index (χ2v) is 3.49. The number of rotatable bonds is 4. The minimum Gasteiger partial charge on any atom is -0.481 e. The highest BCUT2D eigenvalue weighted by molar-refractivity contribution is 7.82. The second-order valence-electron chi connectivity index (χ2n) is 2.56. The number of carboxylic acids is 3. The van der Waals surface area contributed by atoms with Crippen LogP contribution in [0.2, 0.25) is 0 Å². The Bertz CT molecular complexity index is 244. The first-order valence-electron chi connectivity index (χ1n) is 3.12. The maximum Gasteiger partial charge on any atom is 0.320 e. The summed E-state index contributed by atoms with van der Waals surface area (Å²) in [5.74, 6) is -7.13. The lowest BCUT2D eigenvalue weighted by Gasteiger charge is -2.22. The average molecular weight is 208 g/mol. The van der Waals surface area contributed by atoms with Crippen LogP contribution in [0.4, 0.5) is 0 Å². The third-order valence-electron chi connectivity index (χ3n) is 1.49. The molecular weight excluding hydrogens is 200 g/mol. The van der Waals surface area contributed by atoms with Crippen molar-refractivity contribution in [1.82, 2.24) is 0 Å². The van der Waals surface area contributed by atoms with E-state index >= 15 is 0 Å². The molecule has 0 amide bonds. The third kappa shape index (κ3) is 2.35. The molecule has 0 aliphatic heterocycles. The van der Waals surface area contributed by atoms with Crippen molar-refractivity contribution in [2.75, 3.05) is 0 Å². The van der Waals surface area contributed by atoms with Crippen LogP contribution < -0.4 is 0 Å². The van der Waals surface area contributed by atoms with E-state index in [0.29, 0.717) is 0 Å². The third-order valence-corrected chi connectivity index (χ3v) is 1.94. The molecule has 0 rings (SSSR count). The van der Waals surface area contributed by atoms with E-state index in [2.05, 4.69) is 12.6 Å². The Morgan fingerprint density at radius 3 is 1.54 bits per heavy atom. The molecule has 13 heavy (non-hydrogen) atoms. The van der Waals surface area contributed by atoms with E-state index in [1.807, 2.05) is 0 Å². The zero-order valence-electron chi connectivity index (χ0n) is 6.59. The Hall–Kier alpha value is -1.24. The normalized spacial score (nSPS) is 15.0. The summed E-state index contributed by atoms with van der Waals surface area (Å²) < 4.78 is -2.13. The average Bonchev–Trinajstić information content (AvgIpc) is 1.82. The number of hydrogen-bond acceptors (Lipinski definition) is 4. The highest BCUT2D eigenvalue weighted by atomic mass is 32.1. The van der Waals surface area contributed by atoms with E-state index in [1.165, 1.54) is 0 Å². The van der Waals surface area contributed by atoms with Gasteiger partial charge in [-0.15, -0.1) is 0 Å². The van der Waals surface area contributed by atoms with Gasteiger partial charge in [0.1, 0.15) is 4.75 Å². The number of carboxylic acid groups (broad SMARTS) is 3. The zero-order chi connectivity index (χ0) is 10.8. The summed E-state index contributed by atoms with van der Waals surface area (Å²) in [6.07, 6.45) is 0. The molecule has 0 saturated carbocycles. The first-order chi connectivity index (χ1) is 5.71. The molecule has 0 aromatic heterocycles. The molecule has 0 spiro atoms. The molecule has 0 aromatic carbocycles. The molecule has 0 saturated heterocycles. The Balaban J connectivity index is 5.06. The maximum absolute atomic E-state index is 10.5. The second kappa shape index (κ2) is 3.65. The van der Waals surface area contributed by atoms with E-state index in [1.54, 1.807) is 0 Å². The molecule has 0 aliphatic carbocycles. The fraction of sp³-hybridized carbons (Fsp3) is 0.500. The van der Waals surface area contributed by atoms with Gasteiger partial charge < -0.3 is 15.3 Å². The van der Waals surface area contributed by atoms with Gasteiger partial charge in [-0.1, -0.05) is 0 Å². The van der Waals surface area contributed by atoms with Crippen molar-refractivity contribution < 1.29 is 29.7 Å². The SMILES string of the molecule is CC(S)(C(=O)O)C(C(=O)O)C(=O)O. The fourth-order valence-corrected chi connectivity index (χ4v) is 0.931. The standard InChI is InChI=1S/C6H8O6S/c1-6(13,5(11)12)2(3(7)8)4(9)10/h2,13H,1H3,(H,7,8)(H,9,10)(H,11,12). The van der Waals surface area contributed by atoms with Gasteiger partial charge in [0.15, 0.2) is 5.92 Å². The molecule has 0 fully saturated rings. The maximum atomic E-state index is 10.5. The van der Waals surface area contributed by atoms with Crippen LogP contribution >= 0.6 is 12.6 Å². The predicted octanol–water partition coefficient (Wildman–Crippen LogP) is -0.455. The van der Waals surface area contributed by atoms with Crippen LogP contribution in [0, 0.1) is 5.92 Å². The van der Waals surface area contributed by atoms with Crippen LogP contribution in [0.5, 0.6) is 0 Å². The van der Waals surface area contributed by atoms with Crippen molar-refractivity contribution in [2.24, 2.45) is 5.92 Å². The number of aliphatic carboxylic acids is 3. The van der Waals surface area contributed by atoms with Crippen molar-refractivity contribution in [3.8, 4) is 0 Å². The summed E-state index contributed by atoms with van der Waals surface area (Å²) in [6, 6.07) is 0. The minimum absolute atomic E-state index is 0.922. The molecule has 0 aromatic rings. The minimum atomic E-state index is -2.13. The lowest BCUT2D eigenvalue weighted by molar-refractivity contribution is -0.161. The van der Waals surface area contributed by atoms with E-state index in [9.17, 15) is 14.4 Å². The lowest BCUT2D eigenvalue weighted by Crippen LogP contribution is -2.46. The van der Waals surface area contributed by atoms with Gasteiger partial charge in [0.25, 0.3) is 0 Å². The van der Waals surface area contributed by atoms with Gasteiger partial charge in [-0.3, -0.25) is 14.4 Å². The first kappa shape index (κ1) is 11.8. The van der Waals surface area contributed by atoms with Gasteiger partial charge in [-0.25, -0.2) is 0 Å². The topological polar surface area (TPSA) is 112 Å². The molecule has 0 aliphatic rings. The van der Waals surface area contributed by atoms with Crippen molar-refractivity contribution in [3.05, 3.63) is 0 Å². The van der Waals surface area contributed by atoms with E-state index < -0.39 is 28.6 Å². The molecule has 6 nitrogen and oxygen atoms in total. The largest absolute Gasteiger partial charge is 0.481 e. The summed E-state index contributed by atoms with van der Waals surface area (Å²) in [5.41, 5.74) is 0. The van der Waals surface area contributed by atoms with Gasteiger partial charge in [-0.2, -0.15) is 12.6 Å². The summed E-state index contributed by atoms with van der Waals surface area (Å²) in [4.78, 5) is 31.3. The van der Waals surface area contributed by atoms with Gasteiger partial charge in [-0.05, 0) is 6.92 Å². The van der Waals surface area contributed by atoms with E-state index in [4.69, 9.17) is 15.3 Å². The summed E-state index contributed by atoms with van der Waals surface area (Å²) >= 11 is 3.49. The number of thiol groups is 1. The van der Waals surface area contributed by atoms with Crippen molar-refractivity contribution >= 4 is 30.5 Å². The van der Waals surface area contributed by atoms with Gasteiger partial charge in [0.05, 0.1) is 0 Å². The van der Waals surface area contributed by atoms with Gasteiger partial charge in [0, 0.05) is 0 Å². The molecule has 1 atom stereocenters. The summed E-state index contributed by atoms with van der Waals surface area (Å²) in [5, 5.41) is 25.4. The Morgan fingerprint density at radius 1 is 1.15 bits per heavy atom. The van der Waals surface area contributed by atoms with Crippen LogP contribution in [-0.4, -0.2) is 38.0 Å². The van der Waals surface area contributed by atoms with Crippen LogP contribution in [0.3, 0.4) is 0 Å². The van der Waals surface area contributed by atoms with Gasteiger partial charge >= 0.3 is 17.9 Å². The van der Waals surface area contributed by atoms with E-state index in [0.717, 1.165) is 6.92 Å². The molecule has 0 heterocycles. The number of hydrogen-bond donors (Lipinski definition) is 4. The number of carbonyl (C=O) groups is 3. The highest BCUT2D eigenvalue weighted by Gasteiger charge is 2.47. The monoisotopic (exact) mass is 208 g/mol. The molecule has 0 radical (unpaired) electrons. The van der Waals surface area contributed by atoms with Crippen molar-refractivity contribution in [2.45, 2.75) is 11.7 Å². The quantitative estimate of drug-likeness (QED) is 0.367. The molecule has 74 valence electrons. The molecule has 7 heteroatoms. The Morgan fingerprint density at radius 2 is 1.46 bits per heavy atom. The van der Waals surface area contributed by atoms with E-state index in [-0.39, 0.29) is 0 Å². The lowest BCUT2D eigenvalue weighted by atomic mass is 9.93. The molecule has 3 N–H and O–H groups in total. The Kier molecular flexibility index (Phi) is 3.30. The highest BCUT2D eigenvalue weighted by Crippen LogP contribution is 2.25. The molecule has 1 unspecified atom stereocenters. The zero-order valence-corrected chi connectivity index (χ0v) is 7.49. The first-order valence-corrected chi connectivity index (χ1v) is 3.57. The van der Waals surface area contributed by atoms with Crippen molar-refractivity contribution in [1.29, 1.82) is 0 Å². The molecular formula is C6H8O6S. The smallest absolute Gasteiger partial charge is 0.320 e. The van der Waals surface area contributed by atoms with Crippen LogP contribution in [0.25, 0.3) is 0 Å². The Labute approximate surface area is 78.6 Å². The fourth-order valence-electron chi connectivity index (χ4n) is 0.710. The predicted molar refractivity (Wildman–Crippen MR) is 43.8 cm³/mol. The summed E-state index contributed by atoms with van der Waals surface area (Å²) in [7, 11) is 0. The van der Waals surface area contributed by atoms with Crippen LogP contribution in [-0.2, 0) is 14.4 Å². The van der Waals surface area contributed by atoms with Gasteiger partial charge in [0.2, 0.25) is 0 Å². The summed E-state index contributed by atoms with van der Waals surface area (Å²) in [6.45, 7) is 0.922. The van der Waals surface area contributed by atoms with Crippen molar-refractivity contribution in [3.63, 3.8) is 0 Å². The van der Waals surface area contributed by atoms with Crippen LogP contribution in [0.15, 0.2) is 0 Å². The van der Waals surface area contributed by atoms with Crippen LogP contribution in [0.1, 0.15) is 6.92 Å².